The number of rotatable bonds is 5. The molecule has 1 aromatic rings. The number of sulfone groups is 1. The normalized spacial score (nSPS) is 21.6. The standard InChI is InChI=1S/C13H15Cl2NO3S/c1-20(18,19)7-13(17)16-6-8-4-11(8)10-3-2-9(14)5-12(10)15/h2-3,5,8,11H,4,6-7H2,1H3,(H,16,17)/t8-,11+/m0/s1. The zero-order chi connectivity index (χ0) is 14.9. The van der Waals surface area contributed by atoms with Crippen molar-refractivity contribution in [2.24, 2.45) is 5.92 Å². The zero-order valence-corrected chi connectivity index (χ0v) is 13.2. The second-order valence-electron chi connectivity index (χ2n) is 5.14. The molecule has 0 heterocycles. The van der Waals surface area contributed by atoms with Crippen LogP contribution in [0.15, 0.2) is 18.2 Å². The van der Waals surface area contributed by atoms with Crippen LogP contribution in [0.25, 0.3) is 0 Å². The molecule has 1 fully saturated rings. The lowest BCUT2D eigenvalue weighted by atomic mass is 10.1. The number of amides is 1. The largest absolute Gasteiger partial charge is 0.355 e. The van der Waals surface area contributed by atoms with E-state index >= 15 is 0 Å². The Hall–Kier alpha value is -0.780. The highest BCUT2D eigenvalue weighted by Crippen LogP contribution is 2.49. The minimum absolute atomic E-state index is 0.303. The van der Waals surface area contributed by atoms with Gasteiger partial charge in [-0.2, -0.15) is 0 Å². The predicted molar refractivity (Wildman–Crippen MR) is 80.0 cm³/mol. The van der Waals surface area contributed by atoms with Crippen molar-refractivity contribution < 1.29 is 13.2 Å². The van der Waals surface area contributed by atoms with Gasteiger partial charge >= 0.3 is 0 Å². The first-order chi connectivity index (χ1) is 9.26. The number of carbonyl (C=O) groups is 1. The quantitative estimate of drug-likeness (QED) is 0.897. The number of hydrogen-bond donors (Lipinski definition) is 1. The molecule has 110 valence electrons. The van der Waals surface area contributed by atoms with Crippen molar-refractivity contribution >= 4 is 38.9 Å². The van der Waals surface area contributed by atoms with E-state index in [9.17, 15) is 13.2 Å². The van der Waals surface area contributed by atoms with Crippen molar-refractivity contribution in [3.63, 3.8) is 0 Å². The van der Waals surface area contributed by atoms with E-state index < -0.39 is 21.5 Å². The van der Waals surface area contributed by atoms with Crippen molar-refractivity contribution in [1.29, 1.82) is 0 Å². The van der Waals surface area contributed by atoms with Gasteiger partial charge < -0.3 is 5.32 Å². The van der Waals surface area contributed by atoms with Crippen LogP contribution >= 0.6 is 23.2 Å². The second-order valence-corrected chi connectivity index (χ2v) is 8.13. The lowest BCUT2D eigenvalue weighted by Crippen LogP contribution is -2.31. The minimum atomic E-state index is -3.28. The van der Waals surface area contributed by atoms with Gasteiger partial charge in [-0.15, -0.1) is 0 Å². The van der Waals surface area contributed by atoms with Gasteiger partial charge in [0.05, 0.1) is 0 Å². The van der Waals surface area contributed by atoms with E-state index in [1.54, 1.807) is 12.1 Å². The maximum absolute atomic E-state index is 11.4. The Kier molecular flexibility index (Phi) is 4.62. The highest BCUT2D eigenvalue weighted by molar-refractivity contribution is 7.91. The molecule has 1 saturated carbocycles. The van der Waals surface area contributed by atoms with Gasteiger partial charge in [0.1, 0.15) is 5.75 Å². The van der Waals surface area contributed by atoms with Crippen molar-refractivity contribution in [2.45, 2.75) is 12.3 Å². The van der Waals surface area contributed by atoms with Gasteiger partial charge in [0, 0.05) is 22.8 Å². The molecule has 1 aliphatic rings. The molecule has 0 aromatic heterocycles. The molecule has 1 N–H and O–H groups in total. The number of benzene rings is 1. The maximum atomic E-state index is 11.4. The van der Waals surface area contributed by atoms with E-state index in [2.05, 4.69) is 5.32 Å². The summed E-state index contributed by atoms with van der Waals surface area (Å²) in [5.41, 5.74) is 1.03. The van der Waals surface area contributed by atoms with Crippen LogP contribution in [0.3, 0.4) is 0 Å². The van der Waals surface area contributed by atoms with E-state index in [1.165, 1.54) is 0 Å². The molecule has 4 nitrogen and oxygen atoms in total. The number of nitrogens with one attached hydrogen (secondary N) is 1. The molecule has 0 aliphatic heterocycles. The molecule has 0 bridgehead atoms. The van der Waals surface area contributed by atoms with Crippen LogP contribution in [-0.4, -0.2) is 32.9 Å². The summed E-state index contributed by atoms with van der Waals surface area (Å²) in [4.78, 5) is 11.4. The summed E-state index contributed by atoms with van der Waals surface area (Å²) in [6.45, 7) is 0.470. The van der Waals surface area contributed by atoms with E-state index in [4.69, 9.17) is 23.2 Å². The molecule has 20 heavy (non-hydrogen) atoms. The molecule has 0 radical (unpaired) electrons. The van der Waals surface area contributed by atoms with Gasteiger partial charge in [0.15, 0.2) is 9.84 Å². The van der Waals surface area contributed by atoms with Crippen molar-refractivity contribution in [2.75, 3.05) is 18.6 Å². The Morgan fingerprint density at radius 2 is 2.10 bits per heavy atom. The summed E-state index contributed by atoms with van der Waals surface area (Å²) in [5.74, 6) is -0.317. The van der Waals surface area contributed by atoms with Gasteiger partial charge in [-0.05, 0) is 36.0 Å². The minimum Gasteiger partial charge on any atom is -0.355 e. The molecule has 1 aliphatic carbocycles. The summed E-state index contributed by atoms with van der Waals surface area (Å²) < 4.78 is 21.9. The highest BCUT2D eigenvalue weighted by atomic mass is 35.5. The molecular weight excluding hydrogens is 321 g/mol. The third-order valence-electron chi connectivity index (χ3n) is 3.24. The smallest absolute Gasteiger partial charge is 0.235 e. The summed E-state index contributed by atoms with van der Waals surface area (Å²) >= 11 is 12.0. The fourth-order valence-electron chi connectivity index (χ4n) is 2.19. The Bertz CT molecular complexity index is 631. The lowest BCUT2D eigenvalue weighted by Gasteiger charge is -2.06. The average molecular weight is 336 g/mol. The zero-order valence-electron chi connectivity index (χ0n) is 10.9. The van der Waals surface area contributed by atoms with E-state index in [0.29, 0.717) is 28.4 Å². The fraction of sp³-hybridized carbons (Fsp3) is 0.462. The Balaban J connectivity index is 1.85. The number of carbonyl (C=O) groups excluding carboxylic acids is 1. The van der Waals surface area contributed by atoms with Crippen LogP contribution in [0.1, 0.15) is 17.9 Å². The molecule has 0 unspecified atom stereocenters. The summed E-state index contributed by atoms with van der Waals surface area (Å²) in [5, 5.41) is 3.87. The number of hydrogen-bond acceptors (Lipinski definition) is 3. The van der Waals surface area contributed by atoms with E-state index in [1.807, 2.05) is 6.07 Å². The first kappa shape index (κ1) is 15.6. The van der Waals surface area contributed by atoms with Gasteiger partial charge in [0.2, 0.25) is 5.91 Å². The van der Waals surface area contributed by atoms with Crippen LogP contribution in [0.5, 0.6) is 0 Å². The van der Waals surface area contributed by atoms with Gasteiger partial charge in [0.25, 0.3) is 0 Å². The third kappa shape index (κ3) is 4.36. The first-order valence-electron chi connectivity index (χ1n) is 6.15. The highest BCUT2D eigenvalue weighted by Gasteiger charge is 2.39. The van der Waals surface area contributed by atoms with Gasteiger partial charge in [-0.3, -0.25) is 4.79 Å². The summed E-state index contributed by atoms with van der Waals surface area (Å²) in [6.07, 6.45) is 1.97. The Labute approximate surface area is 128 Å². The predicted octanol–water partition coefficient (Wildman–Crippen LogP) is 2.26. The Morgan fingerprint density at radius 3 is 2.70 bits per heavy atom. The van der Waals surface area contributed by atoms with Crippen LogP contribution in [0.2, 0.25) is 10.0 Å². The summed E-state index contributed by atoms with van der Waals surface area (Å²) in [7, 11) is -3.28. The third-order valence-corrected chi connectivity index (χ3v) is 4.59. The molecular formula is C13H15Cl2NO3S. The fourth-order valence-corrected chi connectivity index (χ4v) is 3.32. The number of halogens is 2. The molecule has 0 spiro atoms. The Morgan fingerprint density at radius 1 is 1.40 bits per heavy atom. The molecule has 2 atom stereocenters. The summed E-state index contributed by atoms with van der Waals surface area (Å²) in [6, 6.07) is 5.39. The molecule has 7 heteroatoms. The van der Waals surface area contributed by atoms with Gasteiger partial charge in [-0.25, -0.2) is 8.42 Å². The van der Waals surface area contributed by atoms with Crippen LogP contribution in [0.4, 0.5) is 0 Å². The molecule has 0 saturated heterocycles. The molecule has 1 aromatic carbocycles. The van der Waals surface area contributed by atoms with Crippen LogP contribution < -0.4 is 5.32 Å². The van der Waals surface area contributed by atoms with Crippen molar-refractivity contribution in [3.05, 3.63) is 33.8 Å². The first-order valence-corrected chi connectivity index (χ1v) is 8.97. The van der Waals surface area contributed by atoms with E-state index in [-0.39, 0.29) is 0 Å². The van der Waals surface area contributed by atoms with Crippen molar-refractivity contribution in [1.82, 2.24) is 5.32 Å². The monoisotopic (exact) mass is 335 g/mol. The maximum Gasteiger partial charge on any atom is 0.235 e. The SMILES string of the molecule is CS(=O)(=O)CC(=O)NC[C@@H]1C[C@H]1c1ccc(Cl)cc1Cl. The van der Waals surface area contributed by atoms with E-state index in [0.717, 1.165) is 18.2 Å². The lowest BCUT2D eigenvalue weighted by molar-refractivity contribution is -0.118. The second kappa shape index (κ2) is 5.92. The van der Waals surface area contributed by atoms with Gasteiger partial charge in [-0.1, -0.05) is 29.3 Å². The van der Waals surface area contributed by atoms with Crippen molar-refractivity contribution in [3.8, 4) is 0 Å². The molecule has 2 rings (SSSR count). The average Bonchev–Trinajstić information content (AvgIpc) is 3.03. The van der Waals surface area contributed by atoms with Crippen LogP contribution in [0, 0.1) is 5.92 Å². The van der Waals surface area contributed by atoms with Crippen LogP contribution in [-0.2, 0) is 14.6 Å². The molecule has 1 amide bonds. The topological polar surface area (TPSA) is 63.2 Å².